The monoisotopic (exact) mass is 520 g/mol. The van der Waals surface area contributed by atoms with Crippen LogP contribution >= 0.6 is 0 Å². The van der Waals surface area contributed by atoms with Crippen LogP contribution in [-0.4, -0.2) is 59.3 Å². The highest BCUT2D eigenvalue weighted by atomic mass is 16.5. The molecule has 0 aliphatic heterocycles. The molecular weight excluding hydrogens is 492 g/mol. The zero-order valence-corrected chi connectivity index (χ0v) is 21.4. The number of carbonyl (C=O) groups excluding carboxylic acids is 2. The summed E-state index contributed by atoms with van der Waals surface area (Å²) in [5, 5.41) is 7.88. The first-order chi connectivity index (χ1) is 18.5. The first-order valence-electron chi connectivity index (χ1n) is 11.3. The molecule has 0 unspecified atom stereocenters. The van der Waals surface area contributed by atoms with Crippen LogP contribution in [0.1, 0.15) is 21.5 Å². The van der Waals surface area contributed by atoms with Crippen LogP contribution in [0, 0.1) is 0 Å². The van der Waals surface area contributed by atoms with E-state index in [1.807, 2.05) is 0 Å². The summed E-state index contributed by atoms with van der Waals surface area (Å²) in [6.45, 7) is -0.259. The molecule has 11 heteroatoms. The maximum atomic E-state index is 12.3. The third kappa shape index (κ3) is 7.72. The van der Waals surface area contributed by atoms with Crippen LogP contribution < -0.4 is 34.5 Å². The Morgan fingerprint density at radius 1 is 0.684 bits per heavy atom. The SMILES string of the molecule is COc1ccc(/C=N/NC(=O)COc2ccc(C(=O)N/N=C/c3ccc(OC)c(OC)c3)cc2)cc1OC. The Bertz CT molecular complexity index is 1310. The van der Waals surface area contributed by atoms with Crippen LogP contribution in [0.15, 0.2) is 70.9 Å². The standard InChI is InChI=1S/C27H28N4O7/c1-34-22-11-5-18(13-24(22)36-3)15-28-30-26(32)17-38-21-9-7-20(8-10-21)27(33)31-29-16-19-6-12-23(35-2)25(14-19)37-4/h5-16H,17H2,1-4H3,(H,30,32)(H,31,33)/b28-15+,29-16+. The van der Waals surface area contributed by atoms with Crippen molar-refractivity contribution in [3.8, 4) is 28.7 Å². The number of hydrogen-bond donors (Lipinski definition) is 2. The average Bonchev–Trinajstić information content (AvgIpc) is 2.96. The second kappa shape index (κ2) is 13.9. The third-order valence-corrected chi connectivity index (χ3v) is 5.08. The van der Waals surface area contributed by atoms with Crippen molar-refractivity contribution in [3.63, 3.8) is 0 Å². The molecule has 0 aromatic heterocycles. The Hall–Kier alpha value is -5.06. The van der Waals surface area contributed by atoms with Crippen molar-refractivity contribution >= 4 is 24.2 Å². The molecule has 0 fully saturated rings. The van der Waals surface area contributed by atoms with Gasteiger partial charge < -0.3 is 23.7 Å². The van der Waals surface area contributed by atoms with Crippen LogP contribution in [0.3, 0.4) is 0 Å². The van der Waals surface area contributed by atoms with E-state index < -0.39 is 11.8 Å². The van der Waals surface area contributed by atoms with E-state index in [0.717, 1.165) is 5.56 Å². The highest BCUT2D eigenvalue weighted by molar-refractivity contribution is 5.95. The third-order valence-electron chi connectivity index (χ3n) is 5.08. The first-order valence-corrected chi connectivity index (χ1v) is 11.3. The second-order valence-corrected chi connectivity index (χ2v) is 7.53. The minimum absolute atomic E-state index is 0.259. The van der Waals surface area contributed by atoms with Gasteiger partial charge in [-0.3, -0.25) is 9.59 Å². The number of methoxy groups -OCH3 is 4. The number of nitrogens with one attached hydrogen (secondary N) is 2. The van der Waals surface area contributed by atoms with E-state index in [1.54, 1.807) is 74.9 Å². The van der Waals surface area contributed by atoms with E-state index in [0.29, 0.717) is 39.9 Å². The summed E-state index contributed by atoms with van der Waals surface area (Å²) in [5.74, 6) is 1.84. The Morgan fingerprint density at radius 3 is 1.68 bits per heavy atom. The minimum atomic E-state index is -0.451. The smallest absolute Gasteiger partial charge is 0.277 e. The molecule has 0 aliphatic rings. The molecule has 0 spiro atoms. The largest absolute Gasteiger partial charge is 0.493 e. The first kappa shape index (κ1) is 27.5. The molecule has 2 amide bonds. The van der Waals surface area contributed by atoms with Crippen molar-refractivity contribution in [3.05, 3.63) is 77.4 Å². The van der Waals surface area contributed by atoms with Gasteiger partial charge in [0.2, 0.25) is 0 Å². The van der Waals surface area contributed by atoms with Crippen LogP contribution in [0.4, 0.5) is 0 Å². The molecule has 3 aromatic rings. The van der Waals surface area contributed by atoms with Crippen LogP contribution in [0.5, 0.6) is 28.7 Å². The molecule has 0 bridgehead atoms. The van der Waals surface area contributed by atoms with Gasteiger partial charge in [0.15, 0.2) is 29.6 Å². The predicted molar refractivity (Wildman–Crippen MR) is 142 cm³/mol. The molecule has 3 aromatic carbocycles. The quantitative estimate of drug-likeness (QED) is 0.277. The fraction of sp³-hybridized carbons (Fsp3) is 0.185. The fourth-order valence-electron chi connectivity index (χ4n) is 3.16. The van der Waals surface area contributed by atoms with Gasteiger partial charge in [0.1, 0.15) is 5.75 Å². The zero-order valence-electron chi connectivity index (χ0n) is 21.4. The summed E-state index contributed by atoms with van der Waals surface area (Å²) in [6.07, 6.45) is 2.96. The molecule has 3 rings (SSSR count). The lowest BCUT2D eigenvalue weighted by atomic mass is 10.2. The van der Waals surface area contributed by atoms with Gasteiger partial charge in [-0.25, -0.2) is 10.9 Å². The maximum absolute atomic E-state index is 12.3. The van der Waals surface area contributed by atoms with E-state index in [9.17, 15) is 9.59 Å². The highest BCUT2D eigenvalue weighted by Crippen LogP contribution is 2.27. The fourth-order valence-corrected chi connectivity index (χ4v) is 3.16. The van der Waals surface area contributed by atoms with Crippen molar-refractivity contribution in [2.24, 2.45) is 10.2 Å². The number of carbonyl (C=O) groups is 2. The van der Waals surface area contributed by atoms with Gasteiger partial charge in [0, 0.05) is 5.56 Å². The Morgan fingerprint density at radius 2 is 1.18 bits per heavy atom. The molecule has 198 valence electrons. The second-order valence-electron chi connectivity index (χ2n) is 7.53. The van der Waals surface area contributed by atoms with Crippen LogP contribution in [0.2, 0.25) is 0 Å². The molecule has 0 heterocycles. The summed E-state index contributed by atoms with van der Waals surface area (Å²) in [7, 11) is 6.17. The Labute approximate surface area is 220 Å². The topological polar surface area (TPSA) is 129 Å². The number of nitrogens with zero attached hydrogens (tertiary/aromatic N) is 2. The van der Waals surface area contributed by atoms with Crippen molar-refractivity contribution in [2.45, 2.75) is 0 Å². The van der Waals surface area contributed by atoms with Crippen LogP contribution in [0.25, 0.3) is 0 Å². The average molecular weight is 521 g/mol. The summed E-state index contributed by atoms with van der Waals surface area (Å²) in [5.41, 5.74) is 6.64. The zero-order chi connectivity index (χ0) is 27.3. The molecule has 2 N–H and O–H groups in total. The summed E-state index contributed by atoms with van der Waals surface area (Å²) < 4.78 is 26.3. The van der Waals surface area contributed by atoms with Gasteiger partial charge in [-0.15, -0.1) is 0 Å². The highest BCUT2D eigenvalue weighted by Gasteiger charge is 2.07. The summed E-state index contributed by atoms with van der Waals surface area (Å²) >= 11 is 0. The van der Waals surface area contributed by atoms with Crippen molar-refractivity contribution in [1.82, 2.24) is 10.9 Å². The van der Waals surface area contributed by atoms with Crippen molar-refractivity contribution in [2.75, 3.05) is 35.0 Å². The van der Waals surface area contributed by atoms with Gasteiger partial charge >= 0.3 is 0 Å². The number of hydrogen-bond acceptors (Lipinski definition) is 9. The number of hydrazone groups is 2. The number of ether oxygens (including phenoxy) is 5. The predicted octanol–water partition coefficient (Wildman–Crippen LogP) is 3.01. The van der Waals surface area contributed by atoms with Gasteiger partial charge in [0.05, 0.1) is 40.9 Å². The van der Waals surface area contributed by atoms with Gasteiger partial charge in [-0.2, -0.15) is 10.2 Å². The van der Waals surface area contributed by atoms with Crippen molar-refractivity contribution < 1.29 is 33.3 Å². The van der Waals surface area contributed by atoms with E-state index in [1.165, 1.54) is 26.6 Å². The van der Waals surface area contributed by atoms with Gasteiger partial charge in [0.25, 0.3) is 11.8 Å². The molecular formula is C27H28N4O7. The van der Waals surface area contributed by atoms with E-state index >= 15 is 0 Å². The van der Waals surface area contributed by atoms with Gasteiger partial charge in [-0.1, -0.05) is 0 Å². The Kier molecular flexibility index (Phi) is 10.1. The Balaban J connectivity index is 1.45. The molecule has 0 radical (unpaired) electrons. The number of amides is 2. The lowest BCUT2D eigenvalue weighted by Gasteiger charge is -2.08. The lowest BCUT2D eigenvalue weighted by molar-refractivity contribution is -0.123. The van der Waals surface area contributed by atoms with Crippen molar-refractivity contribution in [1.29, 1.82) is 0 Å². The summed E-state index contributed by atoms with van der Waals surface area (Å²) in [4.78, 5) is 24.4. The molecule has 0 saturated carbocycles. The number of benzene rings is 3. The summed E-state index contributed by atoms with van der Waals surface area (Å²) in [6, 6.07) is 16.8. The molecule has 38 heavy (non-hydrogen) atoms. The van der Waals surface area contributed by atoms with E-state index in [-0.39, 0.29) is 6.61 Å². The molecule has 0 aliphatic carbocycles. The molecule has 0 atom stereocenters. The number of rotatable bonds is 12. The van der Waals surface area contributed by atoms with Gasteiger partial charge in [-0.05, 0) is 71.8 Å². The van der Waals surface area contributed by atoms with Crippen LogP contribution in [-0.2, 0) is 4.79 Å². The lowest BCUT2D eigenvalue weighted by Crippen LogP contribution is -2.24. The molecule has 11 nitrogen and oxygen atoms in total. The normalized spacial score (nSPS) is 10.7. The minimum Gasteiger partial charge on any atom is -0.493 e. The van der Waals surface area contributed by atoms with E-state index in [2.05, 4.69) is 21.1 Å². The maximum Gasteiger partial charge on any atom is 0.277 e. The van der Waals surface area contributed by atoms with E-state index in [4.69, 9.17) is 23.7 Å². The molecule has 0 saturated heterocycles.